The first-order valence-electron chi connectivity index (χ1n) is 6.90. The predicted octanol–water partition coefficient (Wildman–Crippen LogP) is 4.13. The lowest BCUT2D eigenvalue weighted by Gasteiger charge is -2.25. The Morgan fingerprint density at radius 1 is 0.864 bits per heavy atom. The number of hydrogen-bond donors (Lipinski definition) is 2. The van der Waals surface area contributed by atoms with E-state index in [2.05, 4.69) is 22.6 Å². The van der Waals surface area contributed by atoms with E-state index in [9.17, 15) is 0 Å². The molecule has 0 spiro atoms. The Morgan fingerprint density at radius 3 is 1.86 bits per heavy atom. The SMILES string of the molecule is Cc1nc(S)c(N)c(N(c2ccccc2)c2ccccc2)n1. The Hall–Kier alpha value is -2.53. The Bertz CT molecular complexity index is 736. The molecule has 3 rings (SSSR count). The summed E-state index contributed by atoms with van der Waals surface area (Å²) < 4.78 is 0. The summed E-state index contributed by atoms with van der Waals surface area (Å²) in [5, 5.41) is 0.486. The summed E-state index contributed by atoms with van der Waals surface area (Å²) >= 11 is 4.35. The number of nitrogens with two attached hydrogens (primary N) is 1. The molecule has 2 N–H and O–H groups in total. The maximum Gasteiger partial charge on any atom is 0.165 e. The molecule has 0 aliphatic carbocycles. The van der Waals surface area contributed by atoms with Crippen LogP contribution in [-0.4, -0.2) is 9.97 Å². The maximum absolute atomic E-state index is 6.18. The zero-order valence-electron chi connectivity index (χ0n) is 12.1. The van der Waals surface area contributed by atoms with Gasteiger partial charge in [0.1, 0.15) is 16.5 Å². The number of rotatable bonds is 3. The molecule has 0 aliphatic heterocycles. The van der Waals surface area contributed by atoms with Crippen LogP contribution in [0.3, 0.4) is 0 Å². The van der Waals surface area contributed by atoms with Gasteiger partial charge in [0.2, 0.25) is 0 Å². The fraction of sp³-hybridized carbons (Fsp3) is 0.0588. The van der Waals surface area contributed by atoms with Crippen molar-refractivity contribution in [1.29, 1.82) is 0 Å². The molecule has 0 atom stereocenters. The summed E-state index contributed by atoms with van der Waals surface area (Å²) in [6.07, 6.45) is 0. The van der Waals surface area contributed by atoms with Crippen LogP contribution < -0.4 is 10.6 Å². The summed E-state index contributed by atoms with van der Waals surface area (Å²) in [5.41, 5.74) is 8.60. The number of thiol groups is 1. The van der Waals surface area contributed by atoms with Gasteiger partial charge in [-0.25, -0.2) is 9.97 Å². The van der Waals surface area contributed by atoms with E-state index >= 15 is 0 Å². The van der Waals surface area contributed by atoms with E-state index in [-0.39, 0.29) is 0 Å². The summed E-state index contributed by atoms with van der Waals surface area (Å²) in [6, 6.07) is 20.0. The molecule has 0 saturated heterocycles. The normalized spacial score (nSPS) is 10.5. The molecule has 0 radical (unpaired) electrons. The number of benzene rings is 2. The van der Waals surface area contributed by atoms with Crippen LogP contribution in [-0.2, 0) is 0 Å². The molecule has 0 aliphatic rings. The molecule has 0 amide bonds. The smallest absolute Gasteiger partial charge is 0.165 e. The average Bonchev–Trinajstić information content (AvgIpc) is 2.54. The Balaban J connectivity index is 2.23. The van der Waals surface area contributed by atoms with Crippen LogP contribution in [0.5, 0.6) is 0 Å². The second kappa shape index (κ2) is 6.07. The van der Waals surface area contributed by atoms with Crippen molar-refractivity contribution in [2.24, 2.45) is 0 Å². The number of nitrogen functional groups attached to an aromatic ring is 1. The van der Waals surface area contributed by atoms with E-state index in [1.54, 1.807) is 0 Å². The highest BCUT2D eigenvalue weighted by atomic mass is 32.1. The van der Waals surface area contributed by atoms with E-state index in [4.69, 9.17) is 5.73 Å². The van der Waals surface area contributed by atoms with E-state index in [1.165, 1.54) is 0 Å². The van der Waals surface area contributed by atoms with E-state index in [1.807, 2.05) is 72.5 Å². The lowest BCUT2D eigenvalue weighted by molar-refractivity contribution is 0.966. The van der Waals surface area contributed by atoms with Gasteiger partial charge in [-0.3, -0.25) is 4.90 Å². The molecule has 0 bridgehead atoms. The molecule has 0 unspecified atom stereocenters. The monoisotopic (exact) mass is 308 g/mol. The van der Waals surface area contributed by atoms with Crippen molar-refractivity contribution in [2.45, 2.75) is 11.9 Å². The number of aromatic nitrogens is 2. The van der Waals surface area contributed by atoms with Gasteiger partial charge >= 0.3 is 0 Å². The van der Waals surface area contributed by atoms with Crippen LogP contribution in [0.4, 0.5) is 22.9 Å². The third kappa shape index (κ3) is 2.76. The third-order valence-corrected chi connectivity index (χ3v) is 3.60. The number of hydrogen-bond acceptors (Lipinski definition) is 5. The van der Waals surface area contributed by atoms with Crippen LogP contribution in [0.1, 0.15) is 5.82 Å². The van der Waals surface area contributed by atoms with Gasteiger partial charge < -0.3 is 5.73 Å². The average molecular weight is 308 g/mol. The van der Waals surface area contributed by atoms with Gasteiger partial charge in [0.25, 0.3) is 0 Å². The minimum absolute atomic E-state index is 0.460. The molecule has 2 aromatic carbocycles. The first kappa shape index (κ1) is 14.4. The van der Waals surface area contributed by atoms with Crippen molar-refractivity contribution in [3.05, 3.63) is 66.5 Å². The van der Waals surface area contributed by atoms with Crippen molar-refractivity contribution in [2.75, 3.05) is 10.6 Å². The summed E-state index contributed by atoms with van der Waals surface area (Å²) in [6.45, 7) is 1.83. The van der Waals surface area contributed by atoms with Crippen LogP contribution in [0.2, 0.25) is 0 Å². The topological polar surface area (TPSA) is 55.0 Å². The zero-order chi connectivity index (χ0) is 15.5. The molecule has 1 heterocycles. The molecule has 110 valence electrons. The molecule has 1 aromatic heterocycles. The molecule has 3 aromatic rings. The quantitative estimate of drug-likeness (QED) is 0.564. The van der Waals surface area contributed by atoms with Crippen molar-refractivity contribution in [3.8, 4) is 0 Å². The standard InChI is InChI=1S/C17H16N4S/c1-12-19-16(15(18)17(22)20-12)21(13-8-4-2-5-9-13)14-10-6-3-7-11-14/h2-11H,18H2,1H3,(H,19,20,22). The minimum atomic E-state index is 0.460. The minimum Gasteiger partial charge on any atom is -0.394 e. The first-order chi connectivity index (χ1) is 10.7. The number of para-hydroxylation sites is 2. The first-order valence-corrected chi connectivity index (χ1v) is 7.35. The van der Waals surface area contributed by atoms with Gasteiger partial charge in [-0.2, -0.15) is 0 Å². The number of aryl methyl sites for hydroxylation is 1. The molecule has 4 nitrogen and oxygen atoms in total. The Labute approximate surface area is 135 Å². The number of anilines is 4. The lowest BCUT2D eigenvalue weighted by Crippen LogP contribution is -2.15. The highest BCUT2D eigenvalue weighted by Gasteiger charge is 2.18. The van der Waals surface area contributed by atoms with Crippen molar-refractivity contribution < 1.29 is 0 Å². The molecule has 0 fully saturated rings. The predicted molar refractivity (Wildman–Crippen MR) is 93.1 cm³/mol. The van der Waals surface area contributed by atoms with Crippen LogP contribution in [0, 0.1) is 6.92 Å². The lowest BCUT2D eigenvalue weighted by atomic mass is 10.2. The maximum atomic E-state index is 6.18. The third-order valence-electron chi connectivity index (χ3n) is 3.26. The Morgan fingerprint density at radius 2 is 1.36 bits per heavy atom. The van der Waals surface area contributed by atoms with Gasteiger partial charge in [-0.05, 0) is 31.2 Å². The van der Waals surface area contributed by atoms with Crippen LogP contribution in [0.15, 0.2) is 65.7 Å². The zero-order valence-corrected chi connectivity index (χ0v) is 13.0. The van der Waals surface area contributed by atoms with Gasteiger partial charge in [-0.15, -0.1) is 12.6 Å². The van der Waals surface area contributed by atoms with Gasteiger partial charge in [0.05, 0.1) is 0 Å². The van der Waals surface area contributed by atoms with E-state index in [0.717, 1.165) is 11.4 Å². The molecule has 22 heavy (non-hydrogen) atoms. The summed E-state index contributed by atoms with van der Waals surface area (Å²) in [4.78, 5) is 10.7. The van der Waals surface area contributed by atoms with Crippen LogP contribution >= 0.6 is 12.6 Å². The van der Waals surface area contributed by atoms with Gasteiger partial charge in [0, 0.05) is 11.4 Å². The van der Waals surface area contributed by atoms with Gasteiger partial charge in [0.15, 0.2) is 5.82 Å². The molecule has 5 heteroatoms. The second-order valence-corrected chi connectivity index (χ2v) is 5.26. The van der Waals surface area contributed by atoms with Crippen molar-refractivity contribution >= 4 is 35.5 Å². The Kier molecular flexibility index (Phi) is 3.98. The molecular formula is C17H16N4S. The summed E-state index contributed by atoms with van der Waals surface area (Å²) in [7, 11) is 0. The van der Waals surface area contributed by atoms with E-state index in [0.29, 0.717) is 22.4 Å². The fourth-order valence-electron chi connectivity index (χ4n) is 2.27. The highest BCUT2D eigenvalue weighted by molar-refractivity contribution is 7.80. The molecular weight excluding hydrogens is 292 g/mol. The van der Waals surface area contributed by atoms with Crippen molar-refractivity contribution in [3.63, 3.8) is 0 Å². The van der Waals surface area contributed by atoms with Gasteiger partial charge in [-0.1, -0.05) is 36.4 Å². The van der Waals surface area contributed by atoms with Crippen LogP contribution in [0.25, 0.3) is 0 Å². The summed E-state index contributed by atoms with van der Waals surface area (Å²) in [5.74, 6) is 1.26. The molecule has 0 saturated carbocycles. The van der Waals surface area contributed by atoms with Crippen molar-refractivity contribution in [1.82, 2.24) is 9.97 Å². The van der Waals surface area contributed by atoms with E-state index < -0.39 is 0 Å². The number of nitrogens with zero attached hydrogens (tertiary/aromatic N) is 3. The highest BCUT2D eigenvalue weighted by Crippen LogP contribution is 2.37. The second-order valence-electron chi connectivity index (χ2n) is 4.84. The fourth-order valence-corrected chi connectivity index (χ4v) is 2.51. The largest absolute Gasteiger partial charge is 0.394 e.